The van der Waals surface area contributed by atoms with Gasteiger partial charge in [-0.2, -0.15) is 0 Å². The molecule has 0 atom stereocenters. The van der Waals surface area contributed by atoms with Crippen molar-refractivity contribution in [1.82, 2.24) is 0 Å². The maximum absolute atomic E-state index is 12.7. The SMILES string of the molecule is O=C(CCSc1cccc(Cl)c1)c1ccc(F)cc1. The molecule has 0 heterocycles. The molecule has 2 aromatic rings. The second-order valence-electron chi connectivity index (χ2n) is 3.99. The van der Waals surface area contributed by atoms with Gasteiger partial charge in [-0.15, -0.1) is 11.8 Å². The fraction of sp³-hybridized carbons (Fsp3) is 0.133. The van der Waals surface area contributed by atoms with E-state index >= 15 is 0 Å². The van der Waals surface area contributed by atoms with Crippen LogP contribution in [-0.4, -0.2) is 11.5 Å². The Balaban J connectivity index is 1.86. The molecule has 0 amide bonds. The summed E-state index contributed by atoms with van der Waals surface area (Å²) < 4.78 is 12.7. The molecule has 0 unspecified atom stereocenters. The van der Waals surface area contributed by atoms with Crippen LogP contribution >= 0.6 is 23.4 Å². The van der Waals surface area contributed by atoms with E-state index < -0.39 is 0 Å². The van der Waals surface area contributed by atoms with E-state index in [4.69, 9.17) is 11.6 Å². The summed E-state index contributed by atoms with van der Waals surface area (Å²) in [5.41, 5.74) is 0.549. The first kappa shape index (κ1) is 14.1. The largest absolute Gasteiger partial charge is 0.294 e. The standard InChI is InChI=1S/C15H12ClFOS/c16-12-2-1-3-14(10-12)19-9-8-15(18)11-4-6-13(17)7-5-11/h1-7,10H,8-9H2. The summed E-state index contributed by atoms with van der Waals surface area (Å²) in [7, 11) is 0. The summed E-state index contributed by atoms with van der Waals surface area (Å²) in [6, 6.07) is 13.2. The topological polar surface area (TPSA) is 17.1 Å². The summed E-state index contributed by atoms with van der Waals surface area (Å²) in [6.07, 6.45) is 0.419. The highest BCUT2D eigenvalue weighted by Gasteiger charge is 2.06. The minimum atomic E-state index is -0.329. The van der Waals surface area contributed by atoms with Crippen molar-refractivity contribution >= 4 is 29.1 Å². The van der Waals surface area contributed by atoms with Gasteiger partial charge in [-0.05, 0) is 42.5 Å². The van der Waals surface area contributed by atoms with Crippen molar-refractivity contribution in [1.29, 1.82) is 0 Å². The first-order valence-corrected chi connectivity index (χ1v) is 7.18. The molecule has 0 aliphatic rings. The zero-order valence-corrected chi connectivity index (χ0v) is 11.7. The second kappa shape index (κ2) is 6.73. The molecule has 1 nitrogen and oxygen atoms in total. The first-order chi connectivity index (χ1) is 9.15. The van der Waals surface area contributed by atoms with Gasteiger partial charge in [0.15, 0.2) is 5.78 Å². The van der Waals surface area contributed by atoms with Crippen LogP contribution in [0.15, 0.2) is 53.4 Å². The molecule has 0 aromatic heterocycles. The van der Waals surface area contributed by atoms with Crippen molar-refractivity contribution < 1.29 is 9.18 Å². The maximum Gasteiger partial charge on any atom is 0.163 e. The Kier molecular flexibility index (Phi) is 5.00. The van der Waals surface area contributed by atoms with Crippen LogP contribution in [0, 0.1) is 5.82 Å². The summed E-state index contributed by atoms with van der Waals surface area (Å²) >= 11 is 7.46. The van der Waals surface area contributed by atoms with Crippen molar-refractivity contribution in [3.63, 3.8) is 0 Å². The Morgan fingerprint density at radius 3 is 2.58 bits per heavy atom. The predicted molar refractivity (Wildman–Crippen MR) is 77.5 cm³/mol. The molecule has 0 radical (unpaired) electrons. The van der Waals surface area contributed by atoms with E-state index in [0.29, 0.717) is 22.8 Å². The molecule has 0 spiro atoms. The Labute approximate surface area is 120 Å². The lowest BCUT2D eigenvalue weighted by Gasteiger charge is -2.02. The van der Waals surface area contributed by atoms with E-state index in [1.165, 1.54) is 24.3 Å². The van der Waals surface area contributed by atoms with E-state index in [0.717, 1.165) is 4.90 Å². The van der Waals surface area contributed by atoms with Crippen LogP contribution in [-0.2, 0) is 0 Å². The van der Waals surface area contributed by atoms with Crippen molar-refractivity contribution in [2.75, 3.05) is 5.75 Å². The number of hydrogen-bond acceptors (Lipinski definition) is 2. The molecule has 2 rings (SSSR count). The van der Waals surface area contributed by atoms with E-state index in [2.05, 4.69) is 0 Å². The van der Waals surface area contributed by atoms with Gasteiger partial charge in [0.2, 0.25) is 0 Å². The van der Waals surface area contributed by atoms with E-state index in [1.807, 2.05) is 24.3 Å². The van der Waals surface area contributed by atoms with Crippen LogP contribution in [0.5, 0.6) is 0 Å². The molecule has 0 fully saturated rings. The zero-order valence-electron chi connectivity index (χ0n) is 10.1. The number of carbonyl (C=O) groups is 1. The van der Waals surface area contributed by atoms with Crippen LogP contribution < -0.4 is 0 Å². The number of hydrogen-bond donors (Lipinski definition) is 0. The maximum atomic E-state index is 12.7. The molecule has 2 aromatic carbocycles. The molecule has 0 saturated carbocycles. The Morgan fingerprint density at radius 2 is 1.89 bits per heavy atom. The van der Waals surface area contributed by atoms with Crippen LogP contribution in [0.4, 0.5) is 4.39 Å². The number of thioether (sulfide) groups is 1. The van der Waals surface area contributed by atoms with Crippen molar-refractivity contribution in [2.45, 2.75) is 11.3 Å². The highest BCUT2D eigenvalue weighted by Crippen LogP contribution is 2.22. The number of halogens is 2. The van der Waals surface area contributed by atoms with E-state index in [-0.39, 0.29) is 11.6 Å². The van der Waals surface area contributed by atoms with Crippen LogP contribution in [0.3, 0.4) is 0 Å². The van der Waals surface area contributed by atoms with Gasteiger partial charge in [0.05, 0.1) is 0 Å². The Hall–Kier alpha value is -1.32. The highest BCUT2D eigenvalue weighted by atomic mass is 35.5. The zero-order chi connectivity index (χ0) is 13.7. The highest BCUT2D eigenvalue weighted by molar-refractivity contribution is 7.99. The van der Waals surface area contributed by atoms with Crippen LogP contribution in [0.2, 0.25) is 5.02 Å². The van der Waals surface area contributed by atoms with E-state index in [1.54, 1.807) is 11.8 Å². The predicted octanol–water partition coefficient (Wildman–Crippen LogP) is 4.84. The number of Topliss-reactive ketones (excluding diaryl/α,β-unsaturated/α-hetero) is 1. The minimum Gasteiger partial charge on any atom is -0.294 e. The number of carbonyl (C=O) groups excluding carboxylic acids is 1. The third kappa shape index (κ3) is 4.37. The minimum absolute atomic E-state index is 0.0227. The van der Waals surface area contributed by atoms with Crippen LogP contribution in [0.1, 0.15) is 16.8 Å². The third-order valence-corrected chi connectivity index (χ3v) is 3.79. The first-order valence-electron chi connectivity index (χ1n) is 5.82. The quantitative estimate of drug-likeness (QED) is 0.579. The molecule has 0 saturated heterocycles. The Morgan fingerprint density at radius 1 is 1.16 bits per heavy atom. The molecule has 19 heavy (non-hydrogen) atoms. The van der Waals surface area contributed by atoms with Gasteiger partial charge in [0, 0.05) is 27.7 Å². The lowest BCUT2D eigenvalue weighted by Crippen LogP contribution is -2.00. The monoisotopic (exact) mass is 294 g/mol. The lowest BCUT2D eigenvalue weighted by molar-refractivity contribution is 0.0989. The third-order valence-electron chi connectivity index (χ3n) is 2.56. The van der Waals surface area contributed by atoms with Gasteiger partial charge in [-0.25, -0.2) is 4.39 Å². The molecule has 4 heteroatoms. The van der Waals surface area contributed by atoms with E-state index in [9.17, 15) is 9.18 Å². The molecule has 0 aliphatic carbocycles. The molecule has 98 valence electrons. The second-order valence-corrected chi connectivity index (χ2v) is 5.59. The van der Waals surface area contributed by atoms with Gasteiger partial charge < -0.3 is 0 Å². The van der Waals surface area contributed by atoms with Gasteiger partial charge in [0.1, 0.15) is 5.82 Å². The summed E-state index contributed by atoms with van der Waals surface area (Å²) in [5.74, 6) is 0.371. The fourth-order valence-electron chi connectivity index (χ4n) is 1.60. The fourth-order valence-corrected chi connectivity index (χ4v) is 2.76. The van der Waals surface area contributed by atoms with Gasteiger partial charge in [0.25, 0.3) is 0 Å². The van der Waals surface area contributed by atoms with Gasteiger partial charge >= 0.3 is 0 Å². The van der Waals surface area contributed by atoms with Gasteiger partial charge in [-0.3, -0.25) is 4.79 Å². The molecular weight excluding hydrogens is 283 g/mol. The van der Waals surface area contributed by atoms with Crippen LogP contribution in [0.25, 0.3) is 0 Å². The van der Waals surface area contributed by atoms with Crippen molar-refractivity contribution in [3.8, 4) is 0 Å². The smallest absolute Gasteiger partial charge is 0.163 e. The number of ketones is 1. The summed E-state index contributed by atoms with van der Waals surface area (Å²) in [4.78, 5) is 12.9. The van der Waals surface area contributed by atoms with Crippen molar-refractivity contribution in [2.24, 2.45) is 0 Å². The molecule has 0 N–H and O–H groups in total. The average Bonchev–Trinajstić information content (AvgIpc) is 2.39. The number of rotatable bonds is 5. The van der Waals surface area contributed by atoms with Crippen molar-refractivity contribution in [3.05, 3.63) is 64.9 Å². The number of benzene rings is 2. The summed E-state index contributed by atoms with van der Waals surface area (Å²) in [6.45, 7) is 0. The normalized spacial score (nSPS) is 10.4. The molecular formula is C15H12ClFOS. The van der Waals surface area contributed by atoms with Gasteiger partial charge in [-0.1, -0.05) is 17.7 Å². The summed E-state index contributed by atoms with van der Waals surface area (Å²) in [5, 5.41) is 0.690. The average molecular weight is 295 g/mol. The molecule has 0 aliphatic heterocycles. The Bertz CT molecular complexity index is 569. The molecule has 0 bridgehead atoms. The lowest BCUT2D eigenvalue weighted by atomic mass is 10.1.